The maximum Gasteiger partial charge on any atom is 0.273 e. The summed E-state index contributed by atoms with van der Waals surface area (Å²) in [6, 6.07) is 3.94. The highest BCUT2D eigenvalue weighted by Crippen LogP contribution is 2.31. The van der Waals surface area contributed by atoms with Gasteiger partial charge < -0.3 is 9.64 Å². The second-order valence-corrected chi connectivity index (χ2v) is 12.3. The van der Waals surface area contributed by atoms with Gasteiger partial charge in [-0.2, -0.15) is 4.31 Å². The highest BCUT2D eigenvalue weighted by Gasteiger charge is 2.34. The summed E-state index contributed by atoms with van der Waals surface area (Å²) in [5, 5.41) is 2.69. The zero-order valence-electron chi connectivity index (χ0n) is 14.8. The van der Waals surface area contributed by atoms with Gasteiger partial charge >= 0.3 is 0 Å². The van der Waals surface area contributed by atoms with Crippen molar-refractivity contribution >= 4 is 48.6 Å². The molecule has 4 rings (SSSR count). The van der Waals surface area contributed by atoms with Crippen LogP contribution in [0, 0.1) is 0 Å². The van der Waals surface area contributed by atoms with Crippen molar-refractivity contribution in [3.8, 4) is 5.19 Å². The van der Waals surface area contributed by atoms with Gasteiger partial charge in [-0.05, 0) is 53.7 Å². The first kappa shape index (κ1) is 19.8. The van der Waals surface area contributed by atoms with Crippen LogP contribution in [0.15, 0.2) is 31.7 Å². The molecule has 2 fully saturated rings. The van der Waals surface area contributed by atoms with Crippen molar-refractivity contribution in [2.45, 2.75) is 42.0 Å². The van der Waals surface area contributed by atoms with E-state index in [0.717, 1.165) is 47.8 Å². The van der Waals surface area contributed by atoms with Gasteiger partial charge in [-0.15, -0.1) is 11.3 Å². The van der Waals surface area contributed by atoms with Crippen LogP contribution >= 0.6 is 38.6 Å². The zero-order valence-corrected chi connectivity index (χ0v) is 18.8. The van der Waals surface area contributed by atoms with Crippen LogP contribution in [-0.2, 0) is 10.0 Å². The van der Waals surface area contributed by atoms with Gasteiger partial charge in [0.05, 0.1) is 3.79 Å². The molecule has 27 heavy (non-hydrogen) atoms. The fourth-order valence-corrected chi connectivity index (χ4v) is 7.97. The number of rotatable bonds is 5. The monoisotopic (exact) mass is 491 g/mol. The summed E-state index contributed by atoms with van der Waals surface area (Å²) in [4.78, 5) is 6.70. The van der Waals surface area contributed by atoms with Gasteiger partial charge in [0.2, 0.25) is 0 Å². The van der Waals surface area contributed by atoms with Gasteiger partial charge in [0.25, 0.3) is 15.2 Å². The molecule has 4 heterocycles. The van der Waals surface area contributed by atoms with Gasteiger partial charge in [-0.25, -0.2) is 13.4 Å². The molecule has 0 bridgehead atoms. The van der Waals surface area contributed by atoms with E-state index in [9.17, 15) is 8.42 Å². The minimum Gasteiger partial charge on any atom is -0.467 e. The van der Waals surface area contributed by atoms with Crippen LogP contribution in [0.5, 0.6) is 5.19 Å². The number of aromatic nitrogens is 1. The summed E-state index contributed by atoms with van der Waals surface area (Å²) in [5.74, 6) is 0. The first-order chi connectivity index (χ1) is 13.0. The average molecular weight is 492 g/mol. The number of ether oxygens (including phenoxy) is 1. The molecule has 2 aromatic heterocycles. The third-order valence-corrected chi connectivity index (χ3v) is 9.89. The van der Waals surface area contributed by atoms with Crippen LogP contribution in [0.1, 0.15) is 25.7 Å². The fourth-order valence-electron chi connectivity index (χ4n) is 3.78. The van der Waals surface area contributed by atoms with E-state index >= 15 is 0 Å². The number of thiophene rings is 1. The fraction of sp³-hybridized carbons (Fsp3) is 0.588. The van der Waals surface area contributed by atoms with E-state index in [1.165, 1.54) is 22.7 Å². The summed E-state index contributed by atoms with van der Waals surface area (Å²) in [5.41, 5.74) is 0. The van der Waals surface area contributed by atoms with Gasteiger partial charge in [0.15, 0.2) is 0 Å². The van der Waals surface area contributed by atoms with E-state index in [4.69, 9.17) is 4.74 Å². The Bertz CT molecular complexity index is 840. The molecule has 0 amide bonds. The lowest BCUT2D eigenvalue weighted by Crippen LogP contribution is -2.50. The van der Waals surface area contributed by atoms with Gasteiger partial charge in [0, 0.05) is 43.8 Å². The molecule has 2 saturated heterocycles. The van der Waals surface area contributed by atoms with Crippen LogP contribution in [-0.4, -0.2) is 60.9 Å². The number of halogens is 1. The Balaban J connectivity index is 1.27. The third-order valence-electron chi connectivity index (χ3n) is 5.24. The Kier molecular flexibility index (Phi) is 6.20. The predicted molar refractivity (Wildman–Crippen MR) is 111 cm³/mol. The average Bonchev–Trinajstić information content (AvgIpc) is 3.34. The molecular weight excluding hydrogens is 470 g/mol. The lowest BCUT2D eigenvalue weighted by atomic mass is 10.00. The maximum atomic E-state index is 12.8. The Labute approximate surface area is 176 Å². The van der Waals surface area contributed by atoms with Crippen molar-refractivity contribution < 1.29 is 13.2 Å². The number of piperidine rings is 2. The molecule has 0 spiro atoms. The van der Waals surface area contributed by atoms with E-state index in [1.807, 2.05) is 5.38 Å². The van der Waals surface area contributed by atoms with Gasteiger partial charge in [-0.1, -0.05) is 11.3 Å². The Morgan fingerprint density at radius 2 is 1.85 bits per heavy atom. The SMILES string of the molecule is O=S(=O)(c1ccc(Br)s1)N1CCC(N2CCC(Oc3nccs3)CC2)CC1. The van der Waals surface area contributed by atoms with Crippen LogP contribution in [0.25, 0.3) is 0 Å². The number of thiazole rings is 1. The lowest BCUT2D eigenvalue weighted by molar-refractivity contribution is 0.0584. The molecule has 0 aliphatic carbocycles. The first-order valence-corrected chi connectivity index (χ1v) is 13.0. The molecule has 0 unspecified atom stereocenters. The molecule has 0 atom stereocenters. The van der Waals surface area contributed by atoms with Crippen LogP contribution in [0.2, 0.25) is 0 Å². The van der Waals surface area contributed by atoms with E-state index < -0.39 is 10.0 Å². The minimum atomic E-state index is -3.36. The van der Waals surface area contributed by atoms with E-state index in [2.05, 4.69) is 25.8 Å². The molecule has 2 aromatic rings. The number of nitrogens with zero attached hydrogens (tertiary/aromatic N) is 3. The third kappa shape index (κ3) is 4.56. The molecule has 0 aromatic carbocycles. The van der Waals surface area contributed by atoms with Crippen molar-refractivity contribution in [2.75, 3.05) is 26.2 Å². The summed E-state index contributed by atoms with van der Waals surface area (Å²) < 4.78 is 34.4. The Hall–Kier alpha value is -0.520. The van der Waals surface area contributed by atoms with E-state index in [-0.39, 0.29) is 6.10 Å². The van der Waals surface area contributed by atoms with E-state index in [0.29, 0.717) is 23.3 Å². The van der Waals surface area contributed by atoms with Crippen molar-refractivity contribution in [1.29, 1.82) is 0 Å². The summed E-state index contributed by atoms with van der Waals surface area (Å²) in [6.07, 6.45) is 5.80. The molecule has 6 nitrogen and oxygen atoms in total. The number of hydrogen-bond donors (Lipinski definition) is 0. The molecule has 0 N–H and O–H groups in total. The van der Waals surface area contributed by atoms with Crippen molar-refractivity contribution in [1.82, 2.24) is 14.2 Å². The molecular formula is C17H22BrN3O3S3. The summed E-state index contributed by atoms with van der Waals surface area (Å²) in [6.45, 7) is 3.20. The smallest absolute Gasteiger partial charge is 0.273 e. The Morgan fingerprint density at radius 1 is 1.11 bits per heavy atom. The van der Waals surface area contributed by atoms with Gasteiger partial charge in [0.1, 0.15) is 10.3 Å². The largest absolute Gasteiger partial charge is 0.467 e. The molecule has 2 aliphatic rings. The standard InChI is InChI=1S/C17H22BrN3O3S3/c18-15-1-2-16(26-15)27(22,23)21-10-3-13(4-11-21)20-8-5-14(6-9-20)24-17-19-7-12-25-17/h1-2,7,12-14H,3-6,8-11H2. The van der Waals surface area contributed by atoms with Crippen LogP contribution in [0.4, 0.5) is 0 Å². The highest BCUT2D eigenvalue weighted by molar-refractivity contribution is 9.11. The number of likely N-dealkylation sites (tertiary alicyclic amines) is 1. The second kappa shape index (κ2) is 8.46. The number of hydrogen-bond acceptors (Lipinski definition) is 7. The van der Waals surface area contributed by atoms with E-state index in [1.54, 1.807) is 22.6 Å². The topological polar surface area (TPSA) is 62.7 Å². The molecule has 10 heteroatoms. The first-order valence-electron chi connectivity index (χ1n) is 9.08. The molecule has 2 aliphatic heterocycles. The molecule has 0 saturated carbocycles. The second-order valence-electron chi connectivity index (χ2n) is 6.84. The Morgan fingerprint density at radius 3 is 2.44 bits per heavy atom. The maximum absolute atomic E-state index is 12.8. The predicted octanol–water partition coefficient (Wildman–Crippen LogP) is 3.66. The van der Waals surface area contributed by atoms with Crippen LogP contribution in [0.3, 0.4) is 0 Å². The van der Waals surface area contributed by atoms with Gasteiger partial charge in [-0.3, -0.25) is 0 Å². The minimum absolute atomic E-state index is 0.241. The van der Waals surface area contributed by atoms with Crippen LogP contribution < -0.4 is 4.74 Å². The van der Waals surface area contributed by atoms with Crippen molar-refractivity contribution in [3.05, 3.63) is 27.5 Å². The quantitative estimate of drug-likeness (QED) is 0.638. The summed E-state index contributed by atoms with van der Waals surface area (Å²) >= 11 is 6.16. The normalized spacial score (nSPS) is 21.5. The highest BCUT2D eigenvalue weighted by atomic mass is 79.9. The molecule has 148 valence electrons. The summed E-state index contributed by atoms with van der Waals surface area (Å²) in [7, 11) is -3.36. The molecule has 0 radical (unpaired) electrons. The van der Waals surface area contributed by atoms with Crippen molar-refractivity contribution in [3.63, 3.8) is 0 Å². The van der Waals surface area contributed by atoms with Crippen molar-refractivity contribution in [2.24, 2.45) is 0 Å². The zero-order chi connectivity index (χ0) is 18.9. The number of sulfonamides is 1. The lowest BCUT2D eigenvalue weighted by Gasteiger charge is -2.41.